The van der Waals surface area contributed by atoms with Crippen molar-refractivity contribution in [2.24, 2.45) is 11.3 Å². The number of hydrogen-bond donors (Lipinski definition) is 2. The minimum absolute atomic E-state index is 0. The molecule has 0 radical (unpaired) electrons. The highest BCUT2D eigenvalue weighted by Crippen LogP contribution is 2.67. The first-order valence-electron chi connectivity index (χ1n) is 10.0. The number of rotatable bonds is 3. The molecule has 1 saturated heterocycles. The van der Waals surface area contributed by atoms with Gasteiger partial charge in [-0.25, -0.2) is 0 Å². The van der Waals surface area contributed by atoms with E-state index >= 15 is 0 Å². The molecule has 152 valence electrons. The Labute approximate surface area is 180 Å². The maximum atomic E-state index is 10.8. The molecule has 0 amide bonds. The maximum absolute atomic E-state index is 10.8. The normalized spacial score (nSPS) is 31.4. The highest BCUT2D eigenvalue weighted by molar-refractivity contribution is 5.85. The Morgan fingerprint density at radius 3 is 2.11 bits per heavy atom. The zero-order valence-electron chi connectivity index (χ0n) is 16.1. The summed E-state index contributed by atoms with van der Waals surface area (Å²) in [6.45, 7) is 5.06. The molecule has 3 aliphatic rings. The first-order valence-corrected chi connectivity index (χ1v) is 10.0. The highest BCUT2D eigenvalue weighted by Gasteiger charge is 2.69. The standard InChI is InChI=1S/C23H28N2O.2ClH/c26-21-14-24-16-23(21)20(22(23)19-8-2-1-3-9-19)15-25-12-10-17-6-4-5-7-18(17)11-13-25;;/h1-9,20-22,24,26H,10-16H2;2*1H/t20-,21-,22-,23-;;/m1../s1. The Kier molecular flexibility index (Phi) is 6.73. The van der Waals surface area contributed by atoms with Gasteiger partial charge in [0.1, 0.15) is 0 Å². The number of β-amino-alcohol motifs (C(OH)–C–C–N with tert-alkyl or cyclic N) is 1. The molecule has 1 aliphatic carbocycles. The van der Waals surface area contributed by atoms with Crippen LogP contribution in [0.2, 0.25) is 0 Å². The van der Waals surface area contributed by atoms with E-state index < -0.39 is 0 Å². The highest BCUT2D eigenvalue weighted by atomic mass is 35.5. The first-order chi connectivity index (χ1) is 12.8. The molecule has 1 saturated carbocycles. The van der Waals surface area contributed by atoms with Crippen molar-refractivity contribution in [3.63, 3.8) is 0 Å². The molecular weight excluding hydrogens is 391 g/mol. The second kappa shape index (κ2) is 8.73. The minimum Gasteiger partial charge on any atom is -0.391 e. The topological polar surface area (TPSA) is 35.5 Å². The van der Waals surface area contributed by atoms with Crippen molar-refractivity contribution < 1.29 is 5.11 Å². The van der Waals surface area contributed by atoms with E-state index in [4.69, 9.17) is 0 Å². The van der Waals surface area contributed by atoms with Gasteiger partial charge >= 0.3 is 0 Å². The molecular formula is C23H30Cl2N2O. The van der Waals surface area contributed by atoms with E-state index in [-0.39, 0.29) is 36.3 Å². The van der Waals surface area contributed by atoms with Crippen molar-refractivity contribution in [3.8, 4) is 0 Å². The Hall–Kier alpha value is -1.10. The van der Waals surface area contributed by atoms with E-state index in [0.29, 0.717) is 11.8 Å². The van der Waals surface area contributed by atoms with Gasteiger partial charge in [-0.15, -0.1) is 24.8 Å². The molecule has 4 atom stereocenters. The third kappa shape index (κ3) is 3.59. The maximum Gasteiger partial charge on any atom is 0.0742 e. The minimum atomic E-state index is -0.220. The van der Waals surface area contributed by atoms with Crippen molar-refractivity contribution in [1.82, 2.24) is 10.2 Å². The predicted molar refractivity (Wildman–Crippen MR) is 119 cm³/mol. The van der Waals surface area contributed by atoms with Gasteiger partial charge in [0.05, 0.1) is 6.10 Å². The molecule has 3 nitrogen and oxygen atoms in total. The van der Waals surface area contributed by atoms with Crippen LogP contribution in [0.25, 0.3) is 0 Å². The lowest BCUT2D eigenvalue weighted by Crippen LogP contribution is -2.32. The van der Waals surface area contributed by atoms with E-state index in [1.54, 1.807) is 0 Å². The molecule has 2 aromatic carbocycles. The van der Waals surface area contributed by atoms with Gasteiger partial charge in [-0.05, 0) is 41.4 Å². The van der Waals surface area contributed by atoms with Gasteiger partial charge in [-0.2, -0.15) is 0 Å². The van der Waals surface area contributed by atoms with Crippen LogP contribution in [0.1, 0.15) is 22.6 Å². The summed E-state index contributed by atoms with van der Waals surface area (Å²) in [6.07, 6.45) is 2.07. The van der Waals surface area contributed by atoms with Crippen molar-refractivity contribution in [3.05, 3.63) is 71.3 Å². The zero-order valence-corrected chi connectivity index (χ0v) is 17.7. The van der Waals surface area contributed by atoms with E-state index in [0.717, 1.165) is 45.6 Å². The van der Waals surface area contributed by atoms with Crippen LogP contribution in [-0.2, 0) is 12.8 Å². The van der Waals surface area contributed by atoms with Crippen LogP contribution in [0.15, 0.2) is 54.6 Å². The largest absolute Gasteiger partial charge is 0.391 e. The summed E-state index contributed by atoms with van der Waals surface area (Å²) in [7, 11) is 0. The van der Waals surface area contributed by atoms with E-state index in [2.05, 4.69) is 64.8 Å². The number of aliphatic hydroxyl groups excluding tert-OH is 1. The van der Waals surface area contributed by atoms with Gasteiger partial charge in [-0.3, -0.25) is 0 Å². The van der Waals surface area contributed by atoms with E-state index in [1.165, 1.54) is 16.7 Å². The van der Waals surface area contributed by atoms with Crippen LogP contribution in [0.5, 0.6) is 0 Å². The van der Waals surface area contributed by atoms with Crippen LogP contribution >= 0.6 is 24.8 Å². The number of nitrogens with zero attached hydrogens (tertiary/aromatic N) is 1. The number of benzene rings is 2. The molecule has 1 spiro atoms. The molecule has 2 N–H and O–H groups in total. The molecule has 5 rings (SSSR count). The predicted octanol–water partition coefficient (Wildman–Crippen LogP) is 3.29. The monoisotopic (exact) mass is 420 g/mol. The third-order valence-corrected chi connectivity index (χ3v) is 7.08. The van der Waals surface area contributed by atoms with Crippen LogP contribution in [0.4, 0.5) is 0 Å². The average Bonchev–Trinajstić information content (AvgIpc) is 3.24. The number of hydrogen-bond acceptors (Lipinski definition) is 3. The molecule has 5 heteroatoms. The molecule has 28 heavy (non-hydrogen) atoms. The number of aliphatic hydroxyl groups is 1. The molecule has 2 aliphatic heterocycles. The second-order valence-corrected chi connectivity index (χ2v) is 8.32. The third-order valence-electron chi connectivity index (χ3n) is 7.08. The molecule has 0 bridgehead atoms. The fourth-order valence-electron chi connectivity index (χ4n) is 5.62. The Morgan fingerprint density at radius 2 is 1.54 bits per heavy atom. The fourth-order valence-corrected chi connectivity index (χ4v) is 5.62. The molecule has 2 aromatic rings. The Bertz CT molecular complexity index is 760. The summed E-state index contributed by atoms with van der Waals surface area (Å²) < 4.78 is 0. The molecule has 2 heterocycles. The Morgan fingerprint density at radius 1 is 0.929 bits per heavy atom. The number of halogens is 2. The van der Waals surface area contributed by atoms with Crippen LogP contribution in [0.3, 0.4) is 0 Å². The quantitative estimate of drug-likeness (QED) is 0.799. The zero-order chi connectivity index (χ0) is 17.6. The summed E-state index contributed by atoms with van der Waals surface area (Å²) in [5.41, 5.74) is 4.48. The van der Waals surface area contributed by atoms with Gasteiger partial charge in [-0.1, -0.05) is 54.6 Å². The second-order valence-electron chi connectivity index (χ2n) is 8.32. The average molecular weight is 421 g/mol. The lowest BCUT2D eigenvalue weighted by molar-refractivity contribution is 0.116. The lowest BCUT2D eigenvalue weighted by Gasteiger charge is -2.22. The molecule has 2 fully saturated rings. The summed E-state index contributed by atoms with van der Waals surface area (Å²) in [5.74, 6) is 1.04. The van der Waals surface area contributed by atoms with Crippen LogP contribution in [0, 0.1) is 11.3 Å². The van der Waals surface area contributed by atoms with Gasteiger partial charge < -0.3 is 15.3 Å². The first kappa shape index (κ1) is 21.6. The van der Waals surface area contributed by atoms with Crippen LogP contribution < -0.4 is 5.32 Å². The van der Waals surface area contributed by atoms with Crippen molar-refractivity contribution in [2.45, 2.75) is 24.9 Å². The van der Waals surface area contributed by atoms with E-state index in [9.17, 15) is 5.11 Å². The van der Waals surface area contributed by atoms with Gasteiger partial charge in [0.2, 0.25) is 0 Å². The smallest absolute Gasteiger partial charge is 0.0742 e. The van der Waals surface area contributed by atoms with Gasteiger partial charge in [0, 0.05) is 38.1 Å². The summed E-state index contributed by atoms with van der Waals surface area (Å²) in [5, 5.41) is 14.2. The summed E-state index contributed by atoms with van der Waals surface area (Å²) in [4.78, 5) is 2.64. The van der Waals surface area contributed by atoms with E-state index in [1.807, 2.05) is 0 Å². The van der Waals surface area contributed by atoms with Crippen molar-refractivity contribution >= 4 is 24.8 Å². The van der Waals surface area contributed by atoms with Gasteiger partial charge in [0.15, 0.2) is 0 Å². The van der Waals surface area contributed by atoms with Crippen LogP contribution in [-0.4, -0.2) is 48.8 Å². The molecule has 0 unspecified atom stereocenters. The van der Waals surface area contributed by atoms with Gasteiger partial charge in [0.25, 0.3) is 0 Å². The summed E-state index contributed by atoms with van der Waals surface area (Å²) in [6, 6.07) is 19.7. The van der Waals surface area contributed by atoms with Crippen molar-refractivity contribution in [2.75, 3.05) is 32.7 Å². The Balaban J connectivity index is 0.00000112. The summed E-state index contributed by atoms with van der Waals surface area (Å²) >= 11 is 0. The fraction of sp³-hybridized carbons (Fsp3) is 0.478. The molecule has 0 aromatic heterocycles. The lowest BCUT2D eigenvalue weighted by atomic mass is 9.95. The SMILES string of the molecule is Cl.Cl.O[C@@H]1CNC[C@@]12[C@H](CN1CCc3ccccc3CC1)[C@H]2c1ccccc1. The van der Waals surface area contributed by atoms with Crippen molar-refractivity contribution in [1.29, 1.82) is 0 Å². The number of fused-ring (bicyclic) bond motifs is 1. The number of nitrogens with one attached hydrogen (secondary N) is 1.